The number of esters is 1. The SMILES string of the molecule is C=C(C)C(=O)OCCCOC1(N2CCCCCCCCC[SiH2]2)CCCCCCCCCC1. The fourth-order valence-electron chi connectivity index (χ4n) is 5.33. The van der Waals surface area contributed by atoms with Crippen LogP contribution in [0.5, 0.6) is 0 Å². The van der Waals surface area contributed by atoms with Gasteiger partial charge in [0.15, 0.2) is 0 Å². The van der Waals surface area contributed by atoms with Crippen molar-refractivity contribution >= 4 is 15.7 Å². The summed E-state index contributed by atoms with van der Waals surface area (Å²) in [6, 6.07) is 1.43. The average Bonchev–Trinajstić information content (AvgIpc) is 2.88. The highest BCUT2D eigenvalue weighted by Gasteiger charge is 2.36. The minimum Gasteiger partial charge on any atom is -0.462 e. The van der Waals surface area contributed by atoms with Crippen molar-refractivity contribution in [1.29, 1.82) is 0 Å². The smallest absolute Gasteiger partial charge is 0.333 e. The molecule has 0 N–H and O–H groups in total. The van der Waals surface area contributed by atoms with Crippen LogP contribution in [0.15, 0.2) is 12.2 Å². The van der Waals surface area contributed by atoms with Crippen LogP contribution in [0.3, 0.4) is 0 Å². The largest absolute Gasteiger partial charge is 0.462 e. The first-order valence-electron chi connectivity index (χ1n) is 13.9. The van der Waals surface area contributed by atoms with Crippen molar-refractivity contribution in [2.24, 2.45) is 0 Å². The first kappa shape index (κ1) is 27.6. The van der Waals surface area contributed by atoms with E-state index in [-0.39, 0.29) is 21.4 Å². The van der Waals surface area contributed by atoms with Crippen molar-refractivity contribution in [1.82, 2.24) is 4.57 Å². The quantitative estimate of drug-likeness (QED) is 0.182. The highest BCUT2D eigenvalue weighted by Crippen LogP contribution is 2.33. The Morgan fingerprint density at radius 2 is 1.34 bits per heavy atom. The van der Waals surface area contributed by atoms with Gasteiger partial charge in [0.1, 0.15) is 5.72 Å². The molecule has 0 amide bonds. The first-order valence-corrected chi connectivity index (χ1v) is 15.5. The van der Waals surface area contributed by atoms with Crippen LogP contribution in [0.4, 0.5) is 0 Å². The van der Waals surface area contributed by atoms with E-state index in [4.69, 9.17) is 9.47 Å². The Morgan fingerprint density at radius 3 is 1.94 bits per heavy atom. The van der Waals surface area contributed by atoms with Crippen molar-refractivity contribution in [3.63, 3.8) is 0 Å². The zero-order valence-corrected chi connectivity index (χ0v) is 22.6. The zero-order valence-electron chi connectivity index (χ0n) is 21.1. The van der Waals surface area contributed by atoms with E-state index in [9.17, 15) is 4.79 Å². The van der Waals surface area contributed by atoms with Gasteiger partial charge < -0.3 is 14.0 Å². The predicted octanol–water partition coefficient (Wildman–Crippen LogP) is 6.67. The lowest BCUT2D eigenvalue weighted by Gasteiger charge is -2.45. The number of hydrogen-bond acceptors (Lipinski definition) is 4. The lowest BCUT2D eigenvalue weighted by Crippen LogP contribution is -2.53. The molecular formula is C27H51NO3Si. The maximum absolute atomic E-state index is 11.7. The number of nitrogens with zero attached hydrogens (tertiary/aromatic N) is 1. The molecule has 1 aliphatic carbocycles. The van der Waals surface area contributed by atoms with Crippen molar-refractivity contribution in [2.75, 3.05) is 19.8 Å². The summed E-state index contributed by atoms with van der Waals surface area (Å²) in [6.07, 6.45) is 23.8. The van der Waals surface area contributed by atoms with Crippen LogP contribution >= 0.6 is 0 Å². The van der Waals surface area contributed by atoms with E-state index in [1.54, 1.807) is 6.92 Å². The molecule has 1 saturated carbocycles. The fraction of sp³-hybridized carbons (Fsp3) is 0.889. The van der Waals surface area contributed by atoms with Gasteiger partial charge in [-0.1, -0.05) is 83.6 Å². The summed E-state index contributed by atoms with van der Waals surface area (Å²) in [5.41, 5.74) is 0.406. The average molecular weight is 466 g/mol. The standard InChI is InChI=1S/C27H51NO3Si/c1-25(2)26(29)30-22-18-23-31-27(19-14-10-6-3-4-7-11-15-20-27)28-21-16-12-8-5-9-13-17-24-32-28/h1,3-24,32H2,2H3. The molecule has 32 heavy (non-hydrogen) atoms. The summed E-state index contributed by atoms with van der Waals surface area (Å²) in [6.45, 7) is 7.73. The Morgan fingerprint density at radius 1 is 0.812 bits per heavy atom. The van der Waals surface area contributed by atoms with Gasteiger partial charge in [0.25, 0.3) is 0 Å². The molecule has 2 aliphatic rings. The van der Waals surface area contributed by atoms with Crippen LogP contribution in [-0.2, 0) is 14.3 Å². The summed E-state index contributed by atoms with van der Waals surface area (Å²) in [5, 5.41) is 0. The normalized spacial score (nSPS) is 23.5. The third-order valence-corrected chi connectivity index (χ3v) is 9.56. The Kier molecular flexibility index (Phi) is 14.6. The minimum atomic E-state index is -0.296. The topological polar surface area (TPSA) is 38.8 Å². The van der Waals surface area contributed by atoms with Gasteiger partial charge in [0, 0.05) is 12.0 Å². The zero-order chi connectivity index (χ0) is 22.9. The van der Waals surface area contributed by atoms with Gasteiger partial charge in [-0.2, -0.15) is 0 Å². The molecule has 4 nitrogen and oxygen atoms in total. The second-order valence-corrected chi connectivity index (χ2v) is 12.1. The number of hydrogen-bond donors (Lipinski definition) is 0. The van der Waals surface area contributed by atoms with Crippen LogP contribution in [0, 0.1) is 0 Å². The minimum absolute atomic E-state index is 0.0665. The Balaban J connectivity index is 2.04. The van der Waals surface area contributed by atoms with E-state index >= 15 is 0 Å². The second-order valence-electron chi connectivity index (χ2n) is 10.2. The molecule has 2 fully saturated rings. The number of ether oxygens (including phenoxy) is 2. The van der Waals surface area contributed by atoms with Gasteiger partial charge in [-0.25, -0.2) is 4.79 Å². The number of rotatable bonds is 7. The van der Waals surface area contributed by atoms with E-state index in [1.807, 2.05) is 0 Å². The maximum atomic E-state index is 11.7. The predicted molar refractivity (Wildman–Crippen MR) is 138 cm³/mol. The Hall–Kier alpha value is -0.653. The van der Waals surface area contributed by atoms with Gasteiger partial charge in [0.2, 0.25) is 0 Å². The van der Waals surface area contributed by atoms with E-state index < -0.39 is 0 Å². The molecule has 0 unspecified atom stereocenters. The molecule has 0 aromatic carbocycles. The summed E-state index contributed by atoms with van der Waals surface area (Å²) < 4.78 is 15.1. The molecule has 1 aliphatic heterocycles. The molecule has 0 aromatic heterocycles. The van der Waals surface area contributed by atoms with Crippen molar-refractivity contribution in [2.45, 2.75) is 134 Å². The molecule has 0 aromatic rings. The second kappa shape index (κ2) is 16.9. The third-order valence-electron chi connectivity index (χ3n) is 7.31. The summed E-state index contributed by atoms with van der Waals surface area (Å²) in [7, 11) is -0.296. The molecule has 5 heteroatoms. The van der Waals surface area contributed by atoms with E-state index in [2.05, 4.69) is 11.1 Å². The third kappa shape index (κ3) is 11.0. The fourth-order valence-corrected chi connectivity index (χ4v) is 7.56. The molecule has 0 radical (unpaired) electrons. The van der Waals surface area contributed by atoms with Gasteiger partial charge in [-0.3, -0.25) is 0 Å². The highest BCUT2D eigenvalue weighted by molar-refractivity contribution is 6.32. The Labute approximate surface area is 200 Å². The molecular weight excluding hydrogens is 414 g/mol. The highest BCUT2D eigenvalue weighted by atomic mass is 28.2. The van der Waals surface area contributed by atoms with Crippen LogP contribution in [-0.4, -0.2) is 45.7 Å². The monoisotopic (exact) mass is 465 g/mol. The lowest BCUT2D eigenvalue weighted by molar-refractivity contribution is -0.146. The summed E-state index contributed by atoms with van der Waals surface area (Å²) in [4.78, 5) is 11.7. The van der Waals surface area contributed by atoms with Crippen LogP contribution < -0.4 is 0 Å². The van der Waals surface area contributed by atoms with Crippen LogP contribution in [0.2, 0.25) is 6.04 Å². The lowest BCUT2D eigenvalue weighted by atomic mass is 9.97. The van der Waals surface area contributed by atoms with Crippen LogP contribution in [0.1, 0.15) is 122 Å². The van der Waals surface area contributed by atoms with Crippen molar-refractivity contribution in [3.05, 3.63) is 12.2 Å². The van der Waals surface area contributed by atoms with Gasteiger partial charge in [-0.15, -0.1) is 0 Å². The van der Waals surface area contributed by atoms with Gasteiger partial charge >= 0.3 is 5.97 Å². The molecule has 1 saturated heterocycles. The van der Waals surface area contributed by atoms with Gasteiger partial charge in [0.05, 0.1) is 22.9 Å². The number of carbonyl (C=O) groups excluding carboxylic acids is 1. The van der Waals surface area contributed by atoms with E-state index in [1.165, 1.54) is 122 Å². The Bertz CT molecular complexity index is 501. The summed E-state index contributed by atoms with van der Waals surface area (Å²) in [5.74, 6) is -0.283. The molecule has 0 spiro atoms. The molecule has 1 heterocycles. The van der Waals surface area contributed by atoms with Gasteiger partial charge in [-0.05, 0) is 51.6 Å². The molecule has 186 valence electrons. The molecule has 0 atom stereocenters. The summed E-state index contributed by atoms with van der Waals surface area (Å²) >= 11 is 0. The molecule has 0 bridgehead atoms. The van der Waals surface area contributed by atoms with E-state index in [0.29, 0.717) is 18.8 Å². The number of carbonyl (C=O) groups is 1. The first-order chi connectivity index (χ1) is 15.6. The van der Waals surface area contributed by atoms with Crippen LogP contribution in [0.25, 0.3) is 0 Å². The maximum Gasteiger partial charge on any atom is 0.333 e. The van der Waals surface area contributed by atoms with E-state index in [0.717, 1.165) is 6.42 Å². The molecule has 2 rings (SSSR count). The van der Waals surface area contributed by atoms with Crippen molar-refractivity contribution < 1.29 is 14.3 Å². The van der Waals surface area contributed by atoms with Crippen molar-refractivity contribution in [3.8, 4) is 0 Å².